The molecule has 2 aliphatic heterocycles. The summed E-state index contributed by atoms with van der Waals surface area (Å²) in [7, 11) is 3.14. The molecule has 3 N–H and O–H groups in total. The molecule has 0 radical (unpaired) electrons. The summed E-state index contributed by atoms with van der Waals surface area (Å²) in [6.07, 6.45) is 6.94. The van der Waals surface area contributed by atoms with Crippen LogP contribution in [-0.2, 0) is 26.3 Å². The van der Waals surface area contributed by atoms with Gasteiger partial charge >= 0.3 is 5.65 Å². The number of fused-ring (bicyclic) bond motifs is 2. The second-order valence-electron chi connectivity index (χ2n) is 7.90. The number of nitrogen functional groups attached to an aromatic ring is 1. The van der Waals surface area contributed by atoms with Gasteiger partial charge in [0.2, 0.25) is 11.5 Å². The molecule has 190 valence electrons. The molecule has 1 saturated heterocycles. The van der Waals surface area contributed by atoms with E-state index in [1.807, 2.05) is 23.9 Å². The number of thioether (sulfide) groups is 1. The Labute approximate surface area is 217 Å². The number of β-lactam (4-membered cyclic amide) rings is 1. The number of anilines is 1. The molecule has 3 aromatic heterocycles. The summed E-state index contributed by atoms with van der Waals surface area (Å²) in [6, 6.07) is 2.69. The van der Waals surface area contributed by atoms with Crippen LogP contribution in [0.4, 0.5) is 5.13 Å². The SMILES string of the molecule is CO/N=C(\C(=O)N[C@@H]1C(=O)N2C(C(=O)[O-])=C(/C=C/c3ccc4n(cc[n+]4C)n3)CS[C@H]12)c1nsc(N)n1. The maximum Gasteiger partial charge on any atom is 0.306 e. The zero-order valence-corrected chi connectivity index (χ0v) is 21.0. The fourth-order valence-electron chi connectivity index (χ4n) is 3.92. The monoisotopic (exact) mass is 541 g/mol. The number of amides is 2. The Bertz CT molecular complexity index is 1530. The summed E-state index contributed by atoms with van der Waals surface area (Å²) in [5.41, 5.74) is 6.95. The van der Waals surface area contributed by atoms with Crippen LogP contribution in [0, 0.1) is 0 Å². The number of nitrogens with one attached hydrogen (secondary N) is 1. The maximum absolute atomic E-state index is 12.9. The number of aryl methyl sites for hydroxylation is 1. The van der Waals surface area contributed by atoms with Crippen LogP contribution in [0.15, 0.2) is 47.0 Å². The van der Waals surface area contributed by atoms with Gasteiger partial charge in [0.25, 0.3) is 11.8 Å². The zero-order valence-electron chi connectivity index (χ0n) is 19.4. The van der Waals surface area contributed by atoms with E-state index in [0.29, 0.717) is 11.3 Å². The number of imidazole rings is 1. The van der Waals surface area contributed by atoms with E-state index < -0.39 is 29.2 Å². The van der Waals surface area contributed by atoms with Gasteiger partial charge in [-0.1, -0.05) is 16.3 Å². The molecular formula is C21H19N9O5S2. The molecule has 14 nitrogen and oxygen atoms in total. The van der Waals surface area contributed by atoms with E-state index in [-0.39, 0.29) is 28.1 Å². The summed E-state index contributed by atoms with van der Waals surface area (Å²) in [5, 5.41) is 22.2. The molecule has 37 heavy (non-hydrogen) atoms. The van der Waals surface area contributed by atoms with Gasteiger partial charge in [0.1, 0.15) is 30.4 Å². The smallest absolute Gasteiger partial charge is 0.306 e. The fraction of sp³-hybridized carbons (Fsp3) is 0.238. The number of carbonyl (C=O) groups excluding carboxylic acids is 3. The van der Waals surface area contributed by atoms with Crippen molar-refractivity contribution >= 4 is 63.6 Å². The number of carboxylic acids is 1. The van der Waals surface area contributed by atoms with Crippen LogP contribution in [0.1, 0.15) is 11.5 Å². The molecule has 5 rings (SSSR count). The van der Waals surface area contributed by atoms with Crippen molar-refractivity contribution in [3.8, 4) is 0 Å². The molecule has 2 atom stereocenters. The molecule has 1 fully saturated rings. The Morgan fingerprint density at radius 2 is 2.19 bits per heavy atom. The molecule has 5 heterocycles. The molecule has 0 saturated carbocycles. The Morgan fingerprint density at radius 3 is 2.89 bits per heavy atom. The predicted octanol–water partition coefficient (Wildman–Crippen LogP) is -1.94. The van der Waals surface area contributed by atoms with Crippen LogP contribution < -0.4 is 20.7 Å². The summed E-state index contributed by atoms with van der Waals surface area (Å²) >= 11 is 2.17. The molecule has 3 aromatic rings. The van der Waals surface area contributed by atoms with E-state index in [0.717, 1.165) is 22.1 Å². The first-order valence-electron chi connectivity index (χ1n) is 10.7. The van der Waals surface area contributed by atoms with Crippen molar-refractivity contribution in [1.29, 1.82) is 0 Å². The molecule has 2 aliphatic rings. The van der Waals surface area contributed by atoms with Crippen molar-refractivity contribution in [2.24, 2.45) is 12.2 Å². The normalized spacial score (nSPS) is 19.8. The minimum Gasteiger partial charge on any atom is -0.543 e. The third-order valence-corrected chi connectivity index (χ3v) is 7.48. The molecule has 0 bridgehead atoms. The van der Waals surface area contributed by atoms with E-state index in [2.05, 4.69) is 24.9 Å². The number of hydrogen-bond donors (Lipinski definition) is 2. The number of oxime groups is 1. The van der Waals surface area contributed by atoms with Crippen molar-refractivity contribution < 1.29 is 28.9 Å². The lowest BCUT2D eigenvalue weighted by Gasteiger charge is -2.50. The molecule has 0 aromatic carbocycles. The van der Waals surface area contributed by atoms with Crippen molar-refractivity contribution in [2.75, 3.05) is 18.6 Å². The number of aliphatic carboxylic acids is 1. The predicted molar refractivity (Wildman–Crippen MR) is 130 cm³/mol. The average molecular weight is 542 g/mol. The molecule has 0 spiro atoms. The summed E-state index contributed by atoms with van der Waals surface area (Å²) in [6.45, 7) is 0. The summed E-state index contributed by atoms with van der Waals surface area (Å²) < 4.78 is 7.55. The highest BCUT2D eigenvalue weighted by Gasteiger charge is 2.53. The number of hydrogen-bond acceptors (Lipinski definition) is 12. The van der Waals surface area contributed by atoms with Crippen LogP contribution in [0.2, 0.25) is 0 Å². The van der Waals surface area contributed by atoms with Gasteiger partial charge in [0, 0.05) is 23.4 Å². The van der Waals surface area contributed by atoms with Gasteiger partial charge in [0.05, 0.1) is 18.7 Å². The molecular weight excluding hydrogens is 522 g/mol. The van der Waals surface area contributed by atoms with Gasteiger partial charge in [-0.05, 0) is 17.7 Å². The van der Waals surface area contributed by atoms with E-state index >= 15 is 0 Å². The number of nitrogens with zero attached hydrogens (tertiary/aromatic N) is 7. The van der Waals surface area contributed by atoms with Gasteiger partial charge < -0.3 is 25.8 Å². The highest BCUT2D eigenvalue weighted by molar-refractivity contribution is 8.00. The third kappa shape index (κ3) is 4.40. The first kappa shape index (κ1) is 24.4. The largest absolute Gasteiger partial charge is 0.543 e. The molecule has 0 unspecified atom stereocenters. The van der Waals surface area contributed by atoms with E-state index in [1.54, 1.807) is 28.9 Å². The summed E-state index contributed by atoms with van der Waals surface area (Å²) in [4.78, 5) is 47.5. The van der Waals surface area contributed by atoms with Gasteiger partial charge in [-0.25, -0.2) is 4.57 Å². The standard InChI is InChI=1S/C21H19N9O5S2/c1-28-7-8-29-12(28)6-5-11(25-29)4-3-10-9-36-19-14(18(32)30(19)15(10)20(33)34)23-17(31)13(26-35-2)16-24-21(22)37-27-16/h3-8,14,19H,9H2,1-2H3,(H3-,22,23,24,27,31,33,34)/b4-3+,26-13-/t14-,19-/m1/s1. The lowest BCUT2D eigenvalue weighted by molar-refractivity contribution is -0.644. The van der Waals surface area contributed by atoms with Gasteiger partial charge in [-0.15, -0.1) is 16.3 Å². The van der Waals surface area contributed by atoms with E-state index in [4.69, 9.17) is 10.6 Å². The van der Waals surface area contributed by atoms with Crippen molar-refractivity contribution in [2.45, 2.75) is 11.4 Å². The van der Waals surface area contributed by atoms with Crippen LogP contribution in [0.3, 0.4) is 0 Å². The Balaban J connectivity index is 1.35. The minimum atomic E-state index is -1.49. The van der Waals surface area contributed by atoms with E-state index in [9.17, 15) is 19.5 Å². The van der Waals surface area contributed by atoms with Crippen LogP contribution in [0.5, 0.6) is 0 Å². The van der Waals surface area contributed by atoms with Crippen molar-refractivity contribution in [1.82, 2.24) is 29.2 Å². The Morgan fingerprint density at radius 1 is 1.38 bits per heavy atom. The van der Waals surface area contributed by atoms with Crippen molar-refractivity contribution in [3.63, 3.8) is 0 Å². The quantitative estimate of drug-likeness (QED) is 0.148. The molecule has 16 heteroatoms. The minimum absolute atomic E-state index is 0.0509. The van der Waals surface area contributed by atoms with Gasteiger partial charge in [-0.2, -0.15) is 9.36 Å². The number of rotatable bonds is 7. The average Bonchev–Trinajstić information content (AvgIpc) is 3.48. The third-order valence-electron chi connectivity index (χ3n) is 5.64. The van der Waals surface area contributed by atoms with Crippen LogP contribution >= 0.6 is 23.3 Å². The lowest BCUT2D eigenvalue weighted by atomic mass is 10.0. The first-order chi connectivity index (χ1) is 17.8. The number of carbonyl (C=O) groups is 3. The summed E-state index contributed by atoms with van der Waals surface area (Å²) in [5.74, 6) is -2.64. The number of allylic oxidation sites excluding steroid dienone is 1. The van der Waals surface area contributed by atoms with Crippen LogP contribution in [0.25, 0.3) is 11.7 Å². The van der Waals surface area contributed by atoms with Crippen LogP contribution in [-0.4, -0.2) is 71.6 Å². The molecule has 2 amide bonds. The first-order valence-corrected chi connectivity index (χ1v) is 12.5. The van der Waals surface area contributed by atoms with Gasteiger partial charge in [0.15, 0.2) is 11.3 Å². The Hall–Kier alpha value is -4.31. The highest BCUT2D eigenvalue weighted by Crippen LogP contribution is 2.40. The lowest BCUT2D eigenvalue weighted by Crippen LogP contribution is -2.71. The fourth-order valence-corrected chi connectivity index (χ4v) is 5.68. The number of carboxylic acid groups (broad SMARTS) is 1. The highest BCUT2D eigenvalue weighted by atomic mass is 32.2. The van der Waals surface area contributed by atoms with Gasteiger partial charge in [-0.3, -0.25) is 14.5 Å². The Kier molecular flexibility index (Phi) is 6.34. The number of aromatic nitrogens is 5. The van der Waals surface area contributed by atoms with E-state index in [1.165, 1.54) is 18.9 Å². The zero-order chi connectivity index (χ0) is 26.3. The topological polar surface area (TPSA) is 184 Å². The maximum atomic E-state index is 12.9. The second-order valence-corrected chi connectivity index (χ2v) is 9.79. The number of nitrogens with two attached hydrogens (primary N) is 1. The van der Waals surface area contributed by atoms with Crippen molar-refractivity contribution in [3.05, 3.63) is 53.4 Å². The molecule has 0 aliphatic carbocycles. The second kappa shape index (κ2) is 9.62.